The van der Waals surface area contributed by atoms with Gasteiger partial charge in [-0.3, -0.25) is 9.78 Å². The molecule has 0 atom stereocenters. The monoisotopic (exact) mass is 296 g/mol. The summed E-state index contributed by atoms with van der Waals surface area (Å²) in [5.74, 6) is 0.988. The Balaban J connectivity index is 1.67. The van der Waals surface area contributed by atoms with E-state index in [1.165, 1.54) is 0 Å². The van der Waals surface area contributed by atoms with Crippen LogP contribution in [0.5, 0.6) is 5.75 Å². The predicted octanol–water partition coefficient (Wildman–Crippen LogP) is 2.82. The molecule has 0 unspecified atom stereocenters. The van der Waals surface area contributed by atoms with Crippen molar-refractivity contribution in [2.75, 3.05) is 7.11 Å². The van der Waals surface area contributed by atoms with E-state index in [2.05, 4.69) is 4.98 Å². The summed E-state index contributed by atoms with van der Waals surface area (Å²) >= 11 is 0. The Bertz CT molecular complexity index is 621. The van der Waals surface area contributed by atoms with Gasteiger partial charge in [-0.05, 0) is 42.2 Å². The van der Waals surface area contributed by atoms with Crippen LogP contribution in [-0.2, 0) is 17.8 Å². The zero-order valence-electron chi connectivity index (χ0n) is 12.7. The van der Waals surface area contributed by atoms with Crippen molar-refractivity contribution in [3.63, 3.8) is 0 Å². The summed E-state index contributed by atoms with van der Waals surface area (Å²) in [5, 5.41) is 0. The summed E-state index contributed by atoms with van der Waals surface area (Å²) < 4.78 is 5.15. The molecule has 22 heavy (non-hydrogen) atoms. The molecular weight excluding hydrogens is 276 g/mol. The first-order chi connectivity index (χ1) is 10.8. The molecule has 1 aromatic heterocycles. The van der Waals surface area contributed by atoms with Gasteiger partial charge < -0.3 is 9.64 Å². The molecule has 1 fully saturated rings. The third-order valence-corrected chi connectivity index (χ3v) is 3.90. The van der Waals surface area contributed by atoms with Crippen LogP contribution in [0.4, 0.5) is 0 Å². The second-order valence-corrected chi connectivity index (χ2v) is 5.64. The third-order valence-electron chi connectivity index (χ3n) is 3.90. The maximum atomic E-state index is 12.6. The average molecular weight is 296 g/mol. The largest absolute Gasteiger partial charge is 0.497 e. The van der Waals surface area contributed by atoms with Gasteiger partial charge in [0.05, 0.1) is 13.5 Å². The molecule has 1 aliphatic carbocycles. The number of benzene rings is 1. The lowest BCUT2D eigenvalue weighted by Crippen LogP contribution is -2.33. The number of hydrogen-bond acceptors (Lipinski definition) is 3. The molecule has 114 valence electrons. The molecule has 0 N–H and O–H groups in total. The first-order valence-corrected chi connectivity index (χ1v) is 7.57. The molecule has 0 aliphatic heterocycles. The Kier molecular flexibility index (Phi) is 4.37. The summed E-state index contributed by atoms with van der Waals surface area (Å²) in [4.78, 5) is 18.7. The van der Waals surface area contributed by atoms with Crippen molar-refractivity contribution in [2.24, 2.45) is 0 Å². The second-order valence-electron chi connectivity index (χ2n) is 5.64. The molecule has 0 bridgehead atoms. The van der Waals surface area contributed by atoms with Crippen LogP contribution in [0.15, 0.2) is 48.8 Å². The van der Waals surface area contributed by atoms with Crippen molar-refractivity contribution < 1.29 is 9.53 Å². The summed E-state index contributed by atoms with van der Waals surface area (Å²) in [6.45, 7) is 0.646. The van der Waals surface area contributed by atoms with Gasteiger partial charge in [-0.1, -0.05) is 18.2 Å². The molecule has 1 aliphatic rings. The number of hydrogen-bond donors (Lipinski definition) is 0. The van der Waals surface area contributed by atoms with E-state index in [0.29, 0.717) is 19.0 Å². The van der Waals surface area contributed by atoms with E-state index >= 15 is 0 Å². The standard InChI is InChI=1S/C18H20N2O2/c1-22-17-8-4-14(5-9-17)11-18(21)20(16-6-7-16)13-15-3-2-10-19-12-15/h2-5,8-10,12,16H,6-7,11,13H2,1H3. The summed E-state index contributed by atoms with van der Waals surface area (Å²) in [6, 6.07) is 12.0. The molecule has 0 saturated heterocycles. The molecule has 0 spiro atoms. The molecule has 1 aromatic carbocycles. The SMILES string of the molecule is COc1ccc(CC(=O)N(Cc2cccnc2)C2CC2)cc1. The molecular formula is C18H20N2O2. The van der Waals surface area contributed by atoms with E-state index in [9.17, 15) is 4.79 Å². The van der Waals surface area contributed by atoms with E-state index in [4.69, 9.17) is 4.74 Å². The zero-order chi connectivity index (χ0) is 15.4. The van der Waals surface area contributed by atoms with Gasteiger partial charge in [0.1, 0.15) is 5.75 Å². The second kappa shape index (κ2) is 6.60. The number of carbonyl (C=O) groups is 1. The lowest BCUT2D eigenvalue weighted by Gasteiger charge is -2.22. The molecule has 1 heterocycles. The molecule has 1 amide bonds. The lowest BCUT2D eigenvalue weighted by molar-refractivity contribution is -0.131. The van der Waals surface area contributed by atoms with Gasteiger partial charge in [-0.15, -0.1) is 0 Å². The van der Waals surface area contributed by atoms with Crippen molar-refractivity contribution >= 4 is 5.91 Å². The fourth-order valence-corrected chi connectivity index (χ4v) is 2.52. The fraction of sp³-hybridized carbons (Fsp3) is 0.333. The Hall–Kier alpha value is -2.36. The van der Waals surface area contributed by atoms with Gasteiger partial charge in [0, 0.05) is 25.0 Å². The topological polar surface area (TPSA) is 42.4 Å². The molecule has 1 saturated carbocycles. The highest BCUT2D eigenvalue weighted by atomic mass is 16.5. The van der Waals surface area contributed by atoms with Crippen molar-refractivity contribution in [3.05, 3.63) is 59.9 Å². The van der Waals surface area contributed by atoms with Crippen LogP contribution in [0.1, 0.15) is 24.0 Å². The van der Waals surface area contributed by atoms with Crippen LogP contribution in [0, 0.1) is 0 Å². The minimum absolute atomic E-state index is 0.177. The van der Waals surface area contributed by atoms with Crippen LogP contribution < -0.4 is 4.74 Å². The predicted molar refractivity (Wildman–Crippen MR) is 84.5 cm³/mol. The minimum Gasteiger partial charge on any atom is -0.497 e. The number of amides is 1. The van der Waals surface area contributed by atoms with E-state index < -0.39 is 0 Å². The smallest absolute Gasteiger partial charge is 0.227 e. The van der Waals surface area contributed by atoms with Crippen LogP contribution in [-0.4, -0.2) is 28.9 Å². The van der Waals surface area contributed by atoms with Crippen LogP contribution in [0.3, 0.4) is 0 Å². The fourth-order valence-electron chi connectivity index (χ4n) is 2.52. The normalized spacial score (nSPS) is 13.7. The molecule has 2 aromatic rings. The number of aromatic nitrogens is 1. The Morgan fingerprint density at radius 2 is 2.00 bits per heavy atom. The third kappa shape index (κ3) is 3.64. The zero-order valence-corrected chi connectivity index (χ0v) is 12.7. The quantitative estimate of drug-likeness (QED) is 0.823. The summed E-state index contributed by atoms with van der Waals surface area (Å²) in [5.41, 5.74) is 2.10. The molecule has 4 heteroatoms. The van der Waals surface area contributed by atoms with E-state index in [0.717, 1.165) is 29.7 Å². The number of pyridine rings is 1. The molecule has 0 radical (unpaired) electrons. The maximum Gasteiger partial charge on any atom is 0.227 e. The van der Waals surface area contributed by atoms with Gasteiger partial charge in [0.2, 0.25) is 5.91 Å². The van der Waals surface area contributed by atoms with Gasteiger partial charge in [0.25, 0.3) is 0 Å². The van der Waals surface area contributed by atoms with Crippen LogP contribution in [0.25, 0.3) is 0 Å². The minimum atomic E-state index is 0.177. The Morgan fingerprint density at radius 3 is 2.59 bits per heavy atom. The Labute approximate surface area is 130 Å². The summed E-state index contributed by atoms with van der Waals surface area (Å²) in [6.07, 6.45) is 6.23. The van der Waals surface area contributed by atoms with Crippen molar-refractivity contribution in [1.29, 1.82) is 0 Å². The van der Waals surface area contributed by atoms with E-state index in [1.807, 2.05) is 47.5 Å². The average Bonchev–Trinajstić information content (AvgIpc) is 3.39. The van der Waals surface area contributed by atoms with Gasteiger partial charge in [-0.25, -0.2) is 0 Å². The number of carbonyl (C=O) groups excluding carboxylic acids is 1. The van der Waals surface area contributed by atoms with Crippen molar-refractivity contribution in [1.82, 2.24) is 9.88 Å². The van der Waals surface area contributed by atoms with Crippen LogP contribution >= 0.6 is 0 Å². The highest BCUT2D eigenvalue weighted by molar-refractivity contribution is 5.79. The van der Waals surface area contributed by atoms with Gasteiger partial charge >= 0.3 is 0 Å². The molecule has 3 rings (SSSR count). The summed E-state index contributed by atoms with van der Waals surface area (Å²) in [7, 11) is 1.64. The van der Waals surface area contributed by atoms with Gasteiger partial charge in [-0.2, -0.15) is 0 Å². The number of methoxy groups -OCH3 is 1. The first kappa shape index (κ1) is 14.6. The Morgan fingerprint density at radius 1 is 1.23 bits per heavy atom. The van der Waals surface area contributed by atoms with Crippen molar-refractivity contribution in [2.45, 2.75) is 31.8 Å². The van der Waals surface area contributed by atoms with E-state index in [-0.39, 0.29) is 5.91 Å². The van der Waals surface area contributed by atoms with E-state index in [1.54, 1.807) is 13.3 Å². The first-order valence-electron chi connectivity index (χ1n) is 7.57. The number of nitrogens with zero attached hydrogens (tertiary/aromatic N) is 2. The molecule has 4 nitrogen and oxygen atoms in total. The van der Waals surface area contributed by atoms with Gasteiger partial charge in [0.15, 0.2) is 0 Å². The van der Waals surface area contributed by atoms with Crippen molar-refractivity contribution in [3.8, 4) is 5.75 Å². The number of ether oxygens (including phenoxy) is 1. The maximum absolute atomic E-state index is 12.6. The number of rotatable bonds is 6. The lowest BCUT2D eigenvalue weighted by atomic mass is 10.1. The van der Waals surface area contributed by atoms with Crippen LogP contribution in [0.2, 0.25) is 0 Å². The highest BCUT2D eigenvalue weighted by Crippen LogP contribution is 2.29. The highest BCUT2D eigenvalue weighted by Gasteiger charge is 2.32.